The summed E-state index contributed by atoms with van der Waals surface area (Å²) >= 11 is 3.21. The van der Waals surface area contributed by atoms with Crippen LogP contribution in [-0.2, 0) is 4.79 Å². The van der Waals surface area contributed by atoms with Crippen LogP contribution in [0.5, 0.6) is 5.75 Å². The van der Waals surface area contributed by atoms with Gasteiger partial charge >= 0.3 is 5.97 Å². The fourth-order valence-corrected chi connectivity index (χ4v) is 4.74. The lowest BCUT2D eigenvalue weighted by Gasteiger charge is -2.14. The molecule has 0 amide bonds. The largest absolute Gasteiger partial charge is 0.507 e. The number of carbonyl (C=O) groups is 1. The monoisotopic (exact) mass is 310 g/mol. The van der Waals surface area contributed by atoms with E-state index in [0.717, 1.165) is 16.4 Å². The highest BCUT2D eigenvalue weighted by Crippen LogP contribution is 2.33. The Balaban J connectivity index is 1.73. The van der Waals surface area contributed by atoms with Crippen LogP contribution in [0.1, 0.15) is 5.56 Å². The molecule has 1 aromatic carbocycles. The lowest BCUT2D eigenvalue weighted by molar-refractivity contribution is -0.138. The summed E-state index contributed by atoms with van der Waals surface area (Å²) in [7, 11) is 0. The number of para-hydroxylation sites is 1. The zero-order chi connectivity index (χ0) is 14.1. The van der Waals surface area contributed by atoms with Gasteiger partial charge in [-0.1, -0.05) is 12.1 Å². The first kappa shape index (κ1) is 13.8. The average molecular weight is 310 g/mol. The first-order chi connectivity index (χ1) is 9.65. The molecule has 2 aliphatic rings. The van der Waals surface area contributed by atoms with E-state index in [9.17, 15) is 9.90 Å². The summed E-state index contributed by atoms with van der Waals surface area (Å²) < 4.78 is 0. The Bertz CT molecular complexity index is 564. The molecular weight excluding hydrogens is 296 g/mol. The molecule has 20 heavy (non-hydrogen) atoms. The van der Waals surface area contributed by atoms with Crippen LogP contribution >= 0.6 is 23.5 Å². The molecule has 0 spiro atoms. The Morgan fingerprint density at radius 3 is 2.85 bits per heavy atom. The fraction of sp³-hybridized carbons (Fsp3) is 0.385. The number of aliphatic carboxylic acids is 1. The van der Waals surface area contributed by atoms with Crippen molar-refractivity contribution in [1.29, 1.82) is 0 Å². The number of hydrogen-bond acceptors (Lipinski definition) is 6. The van der Waals surface area contributed by atoms with Crippen molar-refractivity contribution in [3.05, 3.63) is 29.8 Å². The molecule has 3 rings (SSSR count). The highest BCUT2D eigenvalue weighted by Gasteiger charge is 2.36. The van der Waals surface area contributed by atoms with Gasteiger partial charge in [0.15, 0.2) is 0 Å². The molecule has 0 saturated carbocycles. The van der Waals surface area contributed by atoms with Crippen molar-refractivity contribution in [2.24, 2.45) is 4.99 Å². The van der Waals surface area contributed by atoms with Crippen molar-refractivity contribution < 1.29 is 15.0 Å². The van der Waals surface area contributed by atoms with Crippen LogP contribution in [0.2, 0.25) is 0 Å². The molecule has 5 nitrogen and oxygen atoms in total. The molecular formula is C13H14N2O3S2. The van der Waals surface area contributed by atoms with Crippen LogP contribution in [0, 0.1) is 0 Å². The lowest BCUT2D eigenvalue weighted by Crippen LogP contribution is -2.41. The summed E-state index contributed by atoms with van der Waals surface area (Å²) in [6.45, 7) is 0. The van der Waals surface area contributed by atoms with Crippen LogP contribution in [0.15, 0.2) is 29.3 Å². The third kappa shape index (κ3) is 2.65. The van der Waals surface area contributed by atoms with Gasteiger partial charge in [-0.3, -0.25) is 15.1 Å². The molecule has 7 heteroatoms. The third-order valence-corrected chi connectivity index (χ3v) is 5.71. The summed E-state index contributed by atoms with van der Waals surface area (Å²) in [5.41, 5.74) is 0.748. The summed E-state index contributed by atoms with van der Waals surface area (Å²) in [6, 6.07) is 6.70. The van der Waals surface area contributed by atoms with Crippen molar-refractivity contribution in [1.82, 2.24) is 5.32 Å². The van der Waals surface area contributed by atoms with Crippen LogP contribution < -0.4 is 5.32 Å². The SMILES string of the molecule is O=C(O)C1CSC([C@H]2CSC(c3ccccc3O)=N2)N1. The third-order valence-electron chi connectivity index (χ3n) is 3.26. The van der Waals surface area contributed by atoms with E-state index in [0.29, 0.717) is 5.75 Å². The molecule has 2 heterocycles. The first-order valence-corrected chi connectivity index (χ1v) is 8.28. The Hall–Kier alpha value is -1.18. The summed E-state index contributed by atoms with van der Waals surface area (Å²) in [4.78, 5) is 15.6. The molecule has 3 atom stereocenters. The van der Waals surface area contributed by atoms with E-state index in [2.05, 4.69) is 10.3 Å². The number of aliphatic imine (C=N–C) groups is 1. The smallest absolute Gasteiger partial charge is 0.321 e. The van der Waals surface area contributed by atoms with Gasteiger partial charge in [0.1, 0.15) is 16.8 Å². The maximum Gasteiger partial charge on any atom is 0.321 e. The van der Waals surface area contributed by atoms with Crippen molar-refractivity contribution in [2.75, 3.05) is 11.5 Å². The average Bonchev–Trinajstić information content (AvgIpc) is 3.08. The van der Waals surface area contributed by atoms with Crippen LogP contribution in [0.25, 0.3) is 0 Å². The van der Waals surface area contributed by atoms with Crippen LogP contribution in [0.4, 0.5) is 0 Å². The number of phenolic OH excluding ortho intramolecular Hbond substituents is 1. The summed E-state index contributed by atoms with van der Waals surface area (Å²) in [6.07, 6.45) is 0. The van der Waals surface area contributed by atoms with Gasteiger partial charge in [0, 0.05) is 17.1 Å². The van der Waals surface area contributed by atoms with Gasteiger partial charge in [0.05, 0.1) is 11.4 Å². The van der Waals surface area contributed by atoms with Crippen LogP contribution in [0.3, 0.4) is 0 Å². The zero-order valence-electron chi connectivity index (χ0n) is 10.5. The van der Waals surface area contributed by atoms with Crippen LogP contribution in [-0.4, -0.2) is 50.2 Å². The molecule has 2 aliphatic heterocycles. The van der Waals surface area contributed by atoms with E-state index in [4.69, 9.17) is 5.11 Å². The molecule has 2 unspecified atom stereocenters. The number of phenols is 1. The lowest BCUT2D eigenvalue weighted by atomic mass is 10.2. The highest BCUT2D eigenvalue weighted by molar-refractivity contribution is 8.14. The highest BCUT2D eigenvalue weighted by atomic mass is 32.2. The topological polar surface area (TPSA) is 81.9 Å². The molecule has 106 valence electrons. The maximum absolute atomic E-state index is 10.9. The maximum atomic E-state index is 10.9. The van der Waals surface area contributed by atoms with Gasteiger partial charge < -0.3 is 10.2 Å². The number of thioether (sulfide) groups is 2. The number of rotatable bonds is 3. The molecule has 1 saturated heterocycles. The van der Waals surface area contributed by atoms with Crippen molar-refractivity contribution in [3.63, 3.8) is 0 Å². The van der Waals surface area contributed by atoms with Gasteiger partial charge in [0.2, 0.25) is 0 Å². The summed E-state index contributed by atoms with van der Waals surface area (Å²) in [5, 5.41) is 22.8. The van der Waals surface area contributed by atoms with E-state index in [1.807, 2.05) is 12.1 Å². The van der Waals surface area contributed by atoms with E-state index < -0.39 is 12.0 Å². The van der Waals surface area contributed by atoms with Gasteiger partial charge in [0.25, 0.3) is 0 Å². The number of aromatic hydroxyl groups is 1. The Kier molecular flexibility index (Phi) is 3.91. The summed E-state index contributed by atoms with van der Waals surface area (Å²) in [5.74, 6) is 0.800. The zero-order valence-corrected chi connectivity index (χ0v) is 12.2. The molecule has 0 bridgehead atoms. The first-order valence-electron chi connectivity index (χ1n) is 6.24. The number of carboxylic acid groups (broad SMARTS) is 1. The number of benzene rings is 1. The van der Waals surface area contributed by atoms with Crippen molar-refractivity contribution >= 4 is 34.5 Å². The van der Waals surface area contributed by atoms with E-state index in [1.165, 1.54) is 0 Å². The number of hydrogen-bond donors (Lipinski definition) is 3. The second-order valence-electron chi connectivity index (χ2n) is 4.64. The van der Waals surface area contributed by atoms with Crippen molar-refractivity contribution in [2.45, 2.75) is 17.5 Å². The normalized spacial score (nSPS) is 29.4. The van der Waals surface area contributed by atoms with Gasteiger partial charge in [-0.2, -0.15) is 0 Å². The Morgan fingerprint density at radius 1 is 1.35 bits per heavy atom. The fourth-order valence-electron chi connectivity index (χ4n) is 2.21. The van der Waals surface area contributed by atoms with E-state index in [-0.39, 0.29) is 17.2 Å². The predicted molar refractivity (Wildman–Crippen MR) is 81.7 cm³/mol. The minimum absolute atomic E-state index is 0.0342. The minimum Gasteiger partial charge on any atom is -0.507 e. The predicted octanol–water partition coefficient (Wildman–Crippen LogP) is 1.37. The molecule has 3 N–H and O–H groups in total. The van der Waals surface area contributed by atoms with Gasteiger partial charge in [-0.15, -0.1) is 23.5 Å². The van der Waals surface area contributed by atoms with Gasteiger partial charge in [-0.05, 0) is 12.1 Å². The Labute approximate surface area is 124 Å². The Morgan fingerprint density at radius 2 is 2.15 bits per heavy atom. The molecule has 0 aromatic heterocycles. The second-order valence-corrected chi connectivity index (χ2v) is 6.82. The van der Waals surface area contributed by atoms with Gasteiger partial charge in [-0.25, -0.2) is 0 Å². The standard InChI is InChI=1S/C13H14N2O3S2/c16-10-4-2-1-3-7(10)11-14-8(5-19-11)12-15-9(6-20-12)13(17)18/h1-4,8-9,12,15-16H,5-6H2,(H,17,18)/t8-,9?,12?/m1/s1. The van der Waals surface area contributed by atoms with Crippen molar-refractivity contribution in [3.8, 4) is 5.75 Å². The quantitative estimate of drug-likeness (QED) is 0.782. The second kappa shape index (κ2) is 5.67. The van der Waals surface area contributed by atoms with E-state index in [1.54, 1.807) is 35.7 Å². The number of nitrogens with one attached hydrogen (secondary N) is 1. The van der Waals surface area contributed by atoms with E-state index >= 15 is 0 Å². The molecule has 0 aliphatic carbocycles. The minimum atomic E-state index is -0.810. The molecule has 0 radical (unpaired) electrons. The molecule has 1 fully saturated rings. The number of nitrogens with zero attached hydrogens (tertiary/aromatic N) is 1. The number of carboxylic acids is 1. The molecule has 1 aromatic rings.